The van der Waals surface area contributed by atoms with Crippen molar-refractivity contribution in [3.63, 3.8) is 0 Å². The number of nitrogens with one attached hydrogen (secondary N) is 1. The topological polar surface area (TPSA) is 33.1 Å². The summed E-state index contributed by atoms with van der Waals surface area (Å²) in [6.45, 7) is 4.71. The van der Waals surface area contributed by atoms with E-state index in [1.165, 1.54) is 72.4 Å². The van der Waals surface area contributed by atoms with Gasteiger partial charge in [0.2, 0.25) is 0 Å². The van der Waals surface area contributed by atoms with Crippen LogP contribution in [-0.2, 0) is 12.8 Å². The Labute approximate surface area is 179 Å². The van der Waals surface area contributed by atoms with Crippen LogP contribution in [0.3, 0.4) is 0 Å². The van der Waals surface area contributed by atoms with E-state index in [-0.39, 0.29) is 0 Å². The van der Waals surface area contributed by atoms with Gasteiger partial charge >= 0.3 is 0 Å². The molecule has 0 amide bonds. The van der Waals surface area contributed by atoms with Crippen molar-refractivity contribution in [3.05, 3.63) is 59.4 Å². The van der Waals surface area contributed by atoms with E-state index in [1.54, 1.807) is 0 Å². The van der Waals surface area contributed by atoms with Gasteiger partial charge in [0.1, 0.15) is 5.82 Å². The van der Waals surface area contributed by atoms with Gasteiger partial charge < -0.3 is 14.8 Å². The van der Waals surface area contributed by atoms with Crippen LogP contribution in [0.1, 0.15) is 55.6 Å². The fraction of sp³-hybridized carbons (Fsp3) is 0.500. The molecule has 2 aliphatic heterocycles. The van der Waals surface area contributed by atoms with Crippen molar-refractivity contribution >= 4 is 16.7 Å². The predicted octanol–water partition coefficient (Wildman–Crippen LogP) is 4.71. The van der Waals surface area contributed by atoms with Crippen LogP contribution in [0.15, 0.2) is 42.5 Å². The normalized spacial score (nSPS) is 28.1. The average Bonchev–Trinajstić information content (AvgIpc) is 3.35. The summed E-state index contributed by atoms with van der Waals surface area (Å²) in [5.74, 6) is 1.25. The van der Waals surface area contributed by atoms with Crippen LogP contribution in [0, 0.1) is 5.41 Å². The summed E-state index contributed by atoms with van der Waals surface area (Å²) in [5.41, 5.74) is 7.33. The van der Waals surface area contributed by atoms with E-state index in [2.05, 4.69) is 71.2 Å². The Morgan fingerprint density at radius 1 is 1.13 bits per heavy atom. The van der Waals surface area contributed by atoms with Gasteiger partial charge in [-0.3, -0.25) is 0 Å². The molecule has 1 aromatic heterocycles. The number of aromatic nitrogens is 2. The molecule has 1 unspecified atom stereocenters. The molecule has 3 heterocycles. The minimum atomic E-state index is 0.537. The fourth-order valence-electron chi connectivity index (χ4n) is 6.19. The van der Waals surface area contributed by atoms with Crippen molar-refractivity contribution in [3.8, 4) is 0 Å². The molecule has 2 aromatic carbocycles. The van der Waals surface area contributed by atoms with Gasteiger partial charge in [-0.1, -0.05) is 30.3 Å². The maximum absolute atomic E-state index is 5.32. The average molecular weight is 401 g/mol. The van der Waals surface area contributed by atoms with E-state index in [0.29, 0.717) is 17.5 Å². The van der Waals surface area contributed by atoms with Crippen molar-refractivity contribution < 1.29 is 0 Å². The Balaban J connectivity index is 1.45. The molecule has 30 heavy (non-hydrogen) atoms. The van der Waals surface area contributed by atoms with Gasteiger partial charge in [-0.15, -0.1) is 0 Å². The van der Waals surface area contributed by atoms with Gasteiger partial charge in [-0.05, 0) is 68.7 Å². The lowest BCUT2D eigenvalue weighted by Gasteiger charge is -2.46. The van der Waals surface area contributed by atoms with Gasteiger partial charge in [0.05, 0.1) is 11.0 Å². The van der Waals surface area contributed by atoms with Gasteiger partial charge in [0.25, 0.3) is 0 Å². The van der Waals surface area contributed by atoms with Crippen LogP contribution < -0.4 is 10.2 Å². The largest absolute Gasteiger partial charge is 0.372 e. The SMILES string of the molecule is CC1CCc2c(ccc3c2nc(Cc2ccccc2)n3C2CC3(CCNC3)C2)N1C. The summed E-state index contributed by atoms with van der Waals surface area (Å²) in [4.78, 5) is 7.76. The second-order valence-corrected chi connectivity index (χ2v) is 9.98. The number of imidazole rings is 1. The molecule has 156 valence electrons. The van der Waals surface area contributed by atoms with Gasteiger partial charge in [0, 0.05) is 43.3 Å². The first-order chi connectivity index (χ1) is 14.6. The molecule has 0 bridgehead atoms. The highest BCUT2D eigenvalue weighted by Crippen LogP contribution is 2.53. The monoisotopic (exact) mass is 400 g/mol. The lowest BCUT2D eigenvalue weighted by molar-refractivity contribution is 0.0849. The van der Waals surface area contributed by atoms with Crippen LogP contribution in [-0.4, -0.2) is 35.7 Å². The zero-order valence-electron chi connectivity index (χ0n) is 18.2. The molecule has 6 rings (SSSR count). The summed E-state index contributed by atoms with van der Waals surface area (Å²) in [6, 6.07) is 16.7. The molecule has 1 saturated carbocycles. The number of fused-ring (bicyclic) bond motifs is 3. The summed E-state index contributed by atoms with van der Waals surface area (Å²) >= 11 is 0. The van der Waals surface area contributed by atoms with Crippen molar-refractivity contribution in [1.29, 1.82) is 0 Å². The third-order valence-corrected chi connectivity index (χ3v) is 8.11. The van der Waals surface area contributed by atoms with E-state index in [4.69, 9.17) is 4.98 Å². The zero-order chi connectivity index (χ0) is 20.3. The third kappa shape index (κ3) is 2.80. The molecule has 3 aromatic rings. The molecule has 4 heteroatoms. The maximum Gasteiger partial charge on any atom is 0.114 e. The highest BCUT2D eigenvalue weighted by Gasteiger charge is 2.47. The molecular formula is C26H32N4. The van der Waals surface area contributed by atoms with E-state index >= 15 is 0 Å². The Morgan fingerprint density at radius 2 is 1.97 bits per heavy atom. The van der Waals surface area contributed by atoms with Crippen LogP contribution in [0.4, 0.5) is 5.69 Å². The summed E-state index contributed by atoms with van der Waals surface area (Å²) in [5, 5.41) is 3.59. The Hall–Kier alpha value is -2.33. The zero-order valence-corrected chi connectivity index (χ0v) is 18.2. The Bertz CT molecular complexity index is 1070. The standard InChI is InChI=1S/C26H32N4/c1-18-8-9-21-22(29(18)2)10-11-23-25(21)28-24(14-19-6-4-3-5-7-19)30(23)20-15-26(16-20)12-13-27-17-26/h3-7,10-11,18,20,27H,8-9,12-17H2,1-2H3. The quantitative estimate of drug-likeness (QED) is 0.691. The Morgan fingerprint density at radius 3 is 2.73 bits per heavy atom. The molecule has 1 saturated heterocycles. The summed E-state index contributed by atoms with van der Waals surface area (Å²) < 4.78 is 2.62. The molecule has 1 N–H and O–H groups in total. The lowest BCUT2D eigenvalue weighted by Crippen LogP contribution is -2.40. The van der Waals surface area contributed by atoms with Crippen molar-refractivity contribution in [2.45, 2.75) is 57.5 Å². The predicted molar refractivity (Wildman–Crippen MR) is 123 cm³/mol. The molecule has 4 nitrogen and oxygen atoms in total. The molecule has 1 spiro atoms. The Kier molecular flexibility index (Phi) is 4.21. The molecule has 2 fully saturated rings. The van der Waals surface area contributed by atoms with E-state index in [0.717, 1.165) is 12.8 Å². The van der Waals surface area contributed by atoms with E-state index < -0.39 is 0 Å². The first-order valence-electron chi connectivity index (χ1n) is 11.6. The van der Waals surface area contributed by atoms with Gasteiger partial charge in [-0.25, -0.2) is 4.98 Å². The second-order valence-electron chi connectivity index (χ2n) is 9.98. The summed E-state index contributed by atoms with van der Waals surface area (Å²) in [7, 11) is 2.24. The van der Waals surface area contributed by atoms with Crippen LogP contribution in [0.2, 0.25) is 0 Å². The highest BCUT2D eigenvalue weighted by atomic mass is 15.2. The minimum absolute atomic E-state index is 0.537. The first kappa shape index (κ1) is 18.4. The minimum Gasteiger partial charge on any atom is -0.372 e. The fourth-order valence-corrected chi connectivity index (χ4v) is 6.19. The highest BCUT2D eigenvalue weighted by molar-refractivity contribution is 5.86. The first-order valence-corrected chi connectivity index (χ1v) is 11.6. The smallest absolute Gasteiger partial charge is 0.114 e. The molecule has 3 aliphatic rings. The van der Waals surface area contributed by atoms with Gasteiger partial charge in [-0.2, -0.15) is 0 Å². The number of benzene rings is 2. The number of rotatable bonds is 3. The van der Waals surface area contributed by atoms with E-state index in [9.17, 15) is 0 Å². The number of anilines is 1. The lowest BCUT2D eigenvalue weighted by atomic mass is 9.65. The number of hydrogen-bond donors (Lipinski definition) is 1. The van der Waals surface area contributed by atoms with Crippen molar-refractivity contribution in [2.24, 2.45) is 5.41 Å². The number of aryl methyl sites for hydroxylation is 1. The number of nitrogens with zero attached hydrogens (tertiary/aromatic N) is 3. The van der Waals surface area contributed by atoms with Crippen molar-refractivity contribution in [2.75, 3.05) is 25.0 Å². The van der Waals surface area contributed by atoms with Gasteiger partial charge in [0.15, 0.2) is 0 Å². The molecule has 1 aliphatic carbocycles. The van der Waals surface area contributed by atoms with Crippen LogP contribution in [0.25, 0.3) is 11.0 Å². The molecular weight excluding hydrogens is 368 g/mol. The summed E-state index contributed by atoms with van der Waals surface area (Å²) in [6.07, 6.45) is 7.18. The second kappa shape index (κ2) is 6.84. The van der Waals surface area contributed by atoms with Crippen LogP contribution >= 0.6 is 0 Å². The molecule has 1 atom stereocenters. The van der Waals surface area contributed by atoms with Crippen LogP contribution in [0.5, 0.6) is 0 Å². The van der Waals surface area contributed by atoms with E-state index in [1.807, 2.05) is 0 Å². The third-order valence-electron chi connectivity index (χ3n) is 8.11. The van der Waals surface area contributed by atoms with Crippen molar-refractivity contribution in [1.82, 2.24) is 14.9 Å². The number of hydrogen-bond acceptors (Lipinski definition) is 3. The molecule has 0 radical (unpaired) electrons. The maximum atomic E-state index is 5.32.